The molecule has 50 heavy (non-hydrogen) atoms. The Morgan fingerprint density at radius 1 is 1.04 bits per heavy atom. The number of aliphatic hydroxyl groups is 1. The number of hydrogen-bond donors (Lipinski definition) is 3. The van der Waals surface area contributed by atoms with Gasteiger partial charge in [0.1, 0.15) is 36.3 Å². The maximum Gasteiger partial charge on any atom is 0.326 e. The summed E-state index contributed by atoms with van der Waals surface area (Å²) in [6, 6.07) is 16.5. The first-order valence-electron chi connectivity index (χ1n) is 16.6. The van der Waals surface area contributed by atoms with Crippen LogP contribution in [0.3, 0.4) is 0 Å². The quantitative estimate of drug-likeness (QED) is 0.140. The van der Waals surface area contributed by atoms with E-state index < -0.39 is 18.1 Å². The lowest BCUT2D eigenvalue weighted by Gasteiger charge is -2.25. The number of pyridine rings is 2. The lowest BCUT2D eigenvalue weighted by atomic mass is 9.97. The van der Waals surface area contributed by atoms with Crippen molar-refractivity contribution < 1.29 is 24.5 Å². The molecular formula is C38H42ClN5O6. The number of carboxylic acids is 1. The number of benzene rings is 2. The molecule has 3 heterocycles. The average Bonchev–Trinajstić information content (AvgIpc) is 3.64. The number of nitrogens with zero attached hydrogens (tertiary/aromatic N) is 4. The second-order valence-electron chi connectivity index (χ2n) is 12.7. The third-order valence-electron chi connectivity index (χ3n) is 9.10. The van der Waals surface area contributed by atoms with E-state index in [-0.39, 0.29) is 30.3 Å². The van der Waals surface area contributed by atoms with Gasteiger partial charge in [-0.1, -0.05) is 29.8 Å². The van der Waals surface area contributed by atoms with Crippen molar-refractivity contribution in [2.45, 2.75) is 65.0 Å². The van der Waals surface area contributed by atoms with Crippen LogP contribution in [0.5, 0.6) is 11.5 Å². The number of rotatable bonds is 16. The van der Waals surface area contributed by atoms with Gasteiger partial charge in [-0.2, -0.15) is 5.26 Å². The Labute approximate surface area is 296 Å². The minimum Gasteiger partial charge on any atom is -0.488 e. The lowest BCUT2D eigenvalue weighted by Crippen LogP contribution is -2.52. The number of ether oxygens (including phenoxy) is 2. The minimum atomic E-state index is -1.60. The number of carbonyl (C=O) groups is 1. The van der Waals surface area contributed by atoms with Crippen molar-refractivity contribution in [2.75, 3.05) is 26.2 Å². The van der Waals surface area contributed by atoms with Crippen LogP contribution >= 0.6 is 11.6 Å². The highest BCUT2D eigenvalue weighted by molar-refractivity contribution is 6.32. The summed E-state index contributed by atoms with van der Waals surface area (Å²) >= 11 is 6.69. The van der Waals surface area contributed by atoms with Gasteiger partial charge in [0, 0.05) is 54.4 Å². The SMILES string of the molecule is Cc1c(COc2cc(OCc3cncc(C#N)c3)c(CN[C@](C)(CO)C(=O)O)cc2Cl)cccc1-c1cccn(CCCN2CCCC2)c1=O. The second-order valence-corrected chi connectivity index (χ2v) is 13.1. The van der Waals surface area contributed by atoms with E-state index in [0.29, 0.717) is 40.3 Å². The third kappa shape index (κ3) is 8.89. The van der Waals surface area contributed by atoms with Gasteiger partial charge in [0.05, 0.1) is 17.2 Å². The molecule has 1 fully saturated rings. The van der Waals surface area contributed by atoms with E-state index in [2.05, 4.69) is 21.3 Å². The molecule has 0 unspecified atom stereocenters. The maximum absolute atomic E-state index is 13.5. The fraction of sp³-hybridized carbons (Fsp3) is 0.368. The standard InChI is InChI=1S/C38H42ClN5O6/c1-26-29(8-5-9-31(26)32-10-6-14-44(36(32)46)15-7-13-43-11-3-4-12-43)24-50-35-18-34(49-23-28-16-27(19-40)20-41-21-28)30(17-33(35)39)22-42-38(2,25-45)37(47)48/h5-6,8-10,14,16-18,20-21,42,45H,3-4,7,11-13,15,22-25H2,1-2H3,(H,47,48)/t38-/m1/s1. The van der Waals surface area contributed by atoms with E-state index in [1.54, 1.807) is 29.0 Å². The highest BCUT2D eigenvalue weighted by atomic mass is 35.5. The molecule has 1 aliphatic rings. The van der Waals surface area contributed by atoms with Gasteiger partial charge >= 0.3 is 5.97 Å². The van der Waals surface area contributed by atoms with E-state index >= 15 is 0 Å². The summed E-state index contributed by atoms with van der Waals surface area (Å²) in [5.41, 5.74) is 3.20. The van der Waals surface area contributed by atoms with E-state index in [0.717, 1.165) is 42.7 Å². The molecule has 12 heteroatoms. The molecule has 11 nitrogen and oxygen atoms in total. The maximum atomic E-state index is 13.5. The number of nitrogens with one attached hydrogen (secondary N) is 1. The summed E-state index contributed by atoms with van der Waals surface area (Å²) in [6.07, 6.45) is 8.30. The molecule has 0 amide bonds. The van der Waals surface area contributed by atoms with Crippen LogP contribution in [-0.2, 0) is 31.1 Å². The van der Waals surface area contributed by atoms with Crippen LogP contribution < -0.4 is 20.3 Å². The average molecular weight is 700 g/mol. The number of halogens is 1. The highest BCUT2D eigenvalue weighted by Crippen LogP contribution is 2.35. The monoisotopic (exact) mass is 699 g/mol. The molecule has 2 aromatic carbocycles. The largest absolute Gasteiger partial charge is 0.488 e. The van der Waals surface area contributed by atoms with Gasteiger partial charge in [0.15, 0.2) is 0 Å². The van der Waals surface area contributed by atoms with Gasteiger partial charge in [0.2, 0.25) is 0 Å². The summed E-state index contributed by atoms with van der Waals surface area (Å²) < 4.78 is 14.2. The summed E-state index contributed by atoms with van der Waals surface area (Å²) in [5, 5.41) is 31.7. The molecule has 0 spiro atoms. The number of hydrogen-bond acceptors (Lipinski definition) is 9. The predicted octanol–water partition coefficient (Wildman–Crippen LogP) is 5.31. The molecule has 2 aromatic heterocycles. The lowest BCUT2D eigenvalue weighted by molar-refractivity contribution is -0.145. The van der Waals surface area contributed by atoms with Gasteiger partial charge in [-0.25, -0.2) is 0 Å². The molecule has 1 atom stereocenters. The number of carboxylic acid groups (broad SMARTS) is 1. The molecule has 4 aromatic rings. The molecule has 1 aliphatic heterocycles. The molecule has 0 saturated carbocycles. The molecule has 3 N–H and O–H groups in total. The smallest absolute Gasteiger partial charge is 0.326 e. The van der Waals surface area contributed by atoms with Crippen LogP contribution in [0.4, 0.5) is 0 Å². The number of aliphatic hydroxyl groups excluding tert-OH is 1. The van der Waals surface area contributed by atoms with Crippen molar-refractivity contribution in [3.8, 4) is 28.7 Å². The first-order valence-corrected chi connectivity index (χ1v) is 17.0. The molecule has 5 rings (SSSR count). The number of aromatic nitrogens is 2. The van der Waals surface area contributed by atoms with Crippen LogP contribution in [-0.4, -0.2) is 62.4 Å². The van der Waals surface area contributed by atoms with Crippen LogP contribution in [0.2, 0.25) is 5.02 Å². The number of nitriles is 1. The zero-order valence-corrected chi connectivity index (χ0v) is 29.1. The number of likely N-dealkylation sites (tertiary alicyclic amines) is 1. The Balaban J connectivity index is 1.35. The molecule has 1 saturated heterocycles. The van der Waals surface area contributed by atoms with Crippen LogP contribution in [0.15, 0.2) is 71.9 Å². The molecule has 0 bridgehead atoms. The Kier molecular flexibility index (Phi) is 12.3. The predicted molar refractivity (Wildman–Crippen MR) is 190 cm³/mol. The Hall–Kier alpha value is -4.73. The van der Waals surface area contributed by atoms with Gasteiger partial charge < -0.3 is 29.2 Å². The summed E-state index contributed by atoms with van der Waals surface area (Å²) in [7, 11) is 0. The van der Waals surface area contributed by atoms with Crippen LogP contribution in [0, 0.1) is 18.3 Å². The van der Waals surface area contributed by atoms with Crippen LogP contribution in [0.25, 0.3) is 11.1 Å². The van der Waals surface area contributed by atoms with Crippen molar-refractivity contribution in [3.05, 3.63) is 110 Å². The zero-order valence-electron chi connectivity index (χ0n) is 28.3. The first kappa shape index (κ1) is 36.5. The topological polar surface area (TPSA) is 150 Å². The van der Waals surface area contributed by atoms with Gasteiger partial charge in [-0.15, -0.1) is 0 Å². The van der Waals surface area contributed by atoms with Crippen molar-refractivity contribution in [3.63, 3.8) is 0 Å². The van der Waals surface area contributed by atoms with Gasteiger partial charge in [0.25, 0.3) is 5.56 Å². The first-order chi connectivity index (χ1) is 24.1. The third-order valence-corrected chi connectivity index (χ3v) is 9.40. The molecule has 0 radical (unpaired) electrons. The summed E-state index contributed by atoms with van der Waals surface area (Å²) in [6.45, 7) is 6.88. The van der Waals surface area contributed by atoms with Crippen molar-refractivity contribution >= 4 is 17.6 Å². The van der Waals surface area contributed by atoms with E-state index in [4.69, 9.17) is 21.1 Å². The zero-order chi connectivity index (χ0) is 35.7. The molecular weight excluding hydrogens is 658 g/mol. The fourth-order valence-electron chi connectivity index (χ4n) is 5.91. The van der Waals surface area contributed by atoms with Crippen molar-refractivity contribution in [2.24, 2.45) is 0 Å². The van der Waals surface area contributed by atoms with Gasteiger partial charge in [-0.05, 0) is 93.7 Å². The Morgan fingerprint density at radius 3 is 2.54 bits per heavy atom. The van der Waals surface area contributed by atoms with E-state index in [1.807, 2.05) is 43.5 Å². The normalized spacial score (nSPS) is 14.2. The Morgan fingerprint density at radius 2 is 1.80 bits per heavy atom. The molecule has 262 valence electrons. The minimum absolute atomic E-state index is 0.0171. The highest BCUT2D eigenvalue weighted by Gasteiger charge is 2.32. The fourth-order valence-corrected chi connectivity index (χ4v) is 6.15. The number of aryl methyl sites for hydroxylation is 1. The van der Waals surface area contributed by atoms with E-state index in [1.165, 1.54) is 26.0 Å². The number of aliphatic carboxylic acids is 1. The van der Waals surface area contributed by atoms with Crippen LogP contribution in [0.1, 0.15) is 54.0 Å². The molecule has 0 aliphatic carbocycles. The van der Waals surface area contributed by atoms with Crippen molar-refractivity contribution in [1.29, 1.82) is 5.26 Å². The second kappa shape index (κ2) is 16.8. The Bertz CT molecular complexity index is 1920. The summed E-state index contributed by atoms with van der Waals surface area (Å²) in [4.78, 5) is 31.9. The summed E-state index contributed by atoms with van der Waals surface area (Å²) in [5.74, 6) is -0.509. The van der Waals surface area contributed by atoms with E-state index in [9.17, 15) is 25.1 Å². The van der Waals surface area contributed by atoms with Crippen molar-refractivity contribution in [1.82, 2.24) is 19.8 Å². The van der Waals surface area contributed by atoms with Gasteiger partial charge in [-0.3, -0.25) is 19.9 Å².